The van der Waals surface area contributed by atoms with Crippen LogP contribution in [0.4, 0.5) is 0 Å². The molecule has 0 amide bonds. The van der Waals surface area contributed by atoms with Gasteiger partial charge in [-0.15, -0.1) is 11.3 Å². The summed E-state index contributed by atoms with van der Waals surface area (Å²) in [5.41, 5.74) is -0.0108. The van der Waals surface area contributed by atoms with Crippen molar-refractivity contribution in [1.29, 1.82) is 0 Å². The van der Waals surface area contributed by atoms with Gasteiger partial charge < -0.3 is 14.6 Å². The summed E-state index contributed by atoms with van der Waals surface area (Å²) in [5, 5.41) is 20.5. The number of carbonyl (C=O) groups is 2. The van der Waals surface area contributed by atoms with Crippen LogP contribution < -0.4 is 0 Å². The Hall–Kier alpha value is -2.67. The summed E-state index contributed by atoms with van der Waals surface area (Å²) in [4.78, 5) is 25.8. The molecular formula is C13H7NO5S. The lowest BCUT2D eigenvalue weighted by molar-refractivity contribution is 0.0624. The maximum absolute atomic E-state index is 11.0. The minimum atomic E-state index is -1.46. The predicted octanol–water partition coefficient (Wildman–Crippen LogP) is 2.95. The molecule has 2 N–H and O–H groups in total. The predicted molar refractivity (Wildman–Crippen MR) is 71.2 cm³/mol. The molecule has 0 spiro atoms. The van der Waals surface area contributed by atoms with Gasteiger partial charge in [-0.05, 0) is 6.07 Å². The lowest BCUT2D eigenvalue weighted by atomic mass is 10.2. The van der Waals surface area contributed by atoms with Gasteiger partial charge in [-0.2, -0.15) is 0 Å². The molecule has 0 unspecified atom stereocenters. The number of oxazole rings is 1. The Morgan fingerprint density at radius 1 is 1.15 bits per heavy atom. The molecule has 1 aromatic carbocycles. The minimum absolute atomic E-state index is 0.00255. The highest BCUT2D eigenvalue weighted by Crippen LogP contribution is 2.34. The van der Waals surface area contributed by atoms with Gasteiger partial charge in [0.25, 0.3) is 0 Å². The Morgan fingerprint density at radius 2 is 1.90 bits per heavy atom. The zero-order valence-corrected chi connectivity index (χ0v) is 10.7. The van der Waals surface area contributed by atoms with E-state index in [-0.39, 0.29) is 5.89 Å². The smallest absolute Gasteiger partial charge is 0.374 e. The van der Waals surface area contributed by atoms with Crippen LogP contribution in [0.3, 0.4) is 0 Å². The van der Waals surface area contributed by atoms with E-state index in [1.807, 2.05) is 24.3 Å². The van der Waals surface area contributed by atoms with Gasteiger partial charge in [0, 0.05) is 15.5 Å². The van der Waals surface area contributed by atoms with Gasteiger partial charge in [0.05, 0.1) is 5.56 Å². The highest BCUT2D eigenvalue weighted by molar-refractivity contribution is 7.17. The molecule has 2 aromatic heterocycles. The van der Waals surface area contributed by atoms with E-state index in [0.29, 0.717) is 5.56 Å². The molecule has 6 nitrogen and oxygen atoms in total. The van der Waals surface area contributed by atoms with Crippen molar-refractivity contribution in [3.05, 3.63) is 41.1 Å². The standard InChI is InChI=1S/C13H7NO5S/c15-12(16)9-10(13(17)18)19-11(14-9)7-5-20-8-4-2-1-3-6(7)8/h1-5H,(H,15,16)(H,17,18). The van der Waals surface area contributed by atoms with E-state index in [0.717, 1.165) is 10.1 Å². The third kappa shape index (κ3) is 1.84. The van der Waals surface area contributed by atoms with Gasteiger partial charge in [0.15, 0.2) is 0 Å². The molecule has 0 saturated heterocycles. The summed E-state index contributed by atoms with van der Waals surface area (Å²) in [7, 11) is 0. The fourth-order valence-electron chi connectivity index (χ4n) is 1.87. The van der Waals surface area contributed by atoms with Gasteiger partial charge in [-0.25, -0.2) is 14.6 Å². The van der Waals surface area contributed by atoms with E-state index >= 15 is 0 Å². The van der Waals surface area contributed by atoms with Crippen molar-refractivity contribution in [2.75, 3.05) is 0 Å². The monoisotopic (exact) mass is 289 g/mol. The van der Waals surface area contributed by atoms with E-state index in [2.05, 4.69) is 4.98 Å². The molecule has 7 heteroatoms. The molecule has 0 saturated carbocycles. The van der Waals surface area contributed by atoms with E-state index in [4.69, 9.17) is 14.6 Å². The normalized spacial score (nSPS) is 10.8. The first-order valence-electron chi connectivity index (χ1n) is 5.52. The number of aromatic nitrogens is 1. The Morgan fingerprint density at radius 3 is 2.55 bits per heavy atom. The van der Waals surface area contributed by atoms with Crippen LogP contribution >= 0.6 is 11.3 Å². The third-order valence-corrected chi connectivity index (χ3v) is 3.70. The van der Waals surface area contributed by atoms with Crippen LogP contribution in [0, 0.1) is 0 Å². The molecule has 2 heterocycles. The van der Waals surface area contributed by atoms with Crippen LogP contribution in [-0.2, 0) is 0 Å². The van der Waals surface area contributed by atoms with Crippen molar-refractivity contribution in [3.63, 3.8) is 0 Å². The molecule has 0 fully saturated rings. The maximum atomic E-state index is 11.0. The molecule has 100 valence electrons. The van der Waals surface area contributed by atoms with Gasteiger partial charge in [0.1, 0.15) is 0 Å². The lowest BCUT2D eigenvalue weighted by Crippen LogP contribution is -2.05. The fourth-order valence-corrected chi connectivity index (χ4v) is 2.80. The van der Waals surface area contributed by atoms with E-state index in [1.54, 1.807) is 5.38 Å². The first-order valence-corrected chi connectivity index (χ1v) is 6.40. The first kappa shape index (κ1) is 12.4. The average Bonchev–Trinajstić information content (AvgIpc) is 3.02. The number of carboxylic acid groups (broad SMARTS) is 2. The second-order valence-electron chi connectivity index (χ2n) is 3.95. The molecule has 0 aliphatic heterocycles. The van der Waals surface area contributed by atoms with Crippen molar-refractivity contribution < 1.29 is 24.2 Å². The summed E-state index contributed by atoms with van der Waals surface area (Å²) in [6.45, 7) is 0. The molecule has 3 rings (SSSR count). The summed E-state index contributed by atoms with van der Waals surface area (Å²) in [6.07, 6.45) is 0. The minimum Gasteiger partial charge on any atom is -0.476 e. The van der Waals surface area contributed by atoms with Crippen LogP contribution in [0.15, 0.2) is 34.1 Å². The first-order chi connectivity index (χ1) is 9.58. The highest BCUT2D eigenvalue weighted by Gasteiger charge is 2.26. The summed E-state index contributed by atoms with van der Waals surface area (Å²) < 4.78 is 6.09. The zero-order valence-electron chi connectivity index (χ0n) is 9.86. The fraction of sp³-hybridized carbons (Fsp3) is 0. The molecular weight excluding hydrogens is 282 g/mol. The average molecular weight is 289 g/mol. The van der Waals surface area contributed by atoms with E-state index < -0.39 is 23.4 Å². The van der Waals surface area contributed by atoms with Crippen LogP contribution in [-0.4, -0.2) is 27.1 Å². The van der Waals surface area contributed by atoms with Crippen LogP contribution in [0.1, 0.15) is 21.0 Å². The van der Waals surface area contributed by atoms with Crippen molar-refractivity contribution in [1.82, 2.24) is 4.98 Å². The van der Waals surface area contributed by atoms with E-state index in [9.17, 15) is 9.59 Å². The van der Waals surface area contributed by atoms with E-state index in [1.165, 1.54) is 11.3 Å². The Bertz CT molecular complexity index is 801. The number of aromatic carboxylic acids is 2. The zero-order chi connectivity index (χ0) is 14.3. The molecule has 20 heavy (non-hydrogen) atoms. The number of hydrogen-bond donors (Lipinski definition) is 2. The third-order valence-electron chi connectivity index (χ3n) is 2.74. The van der Waals surface area contributed by atoms with Crippen LogP contribution in [0.5, 0.6) is 0 Å². The van der Waals surface area contributed by atoms with Crippen molar-refractivity contribution in [2.45, 2.75) is 0 Å². The molecule has 3 aromatic rings. The Balaban J connectivity index is 2.22. The number of hydrogen-bond acceptors (Lipinski definition) is 5. The number of nitrogens with zero attached hydrogens (tertiary/aromatic N) is 1. The molecule has 0 aliphatic carbocycles. The quantitative estimate of drug-likeness (QED) is 0.768. The molecule has 0 radical (unpaired) electrons. The van der Waals surface area contributed by atoms with Crippen LogP contribution in [0.25, 0.3) is 21.5 Å². The van der Waals surface area contributed by atoms with Crippen molar-refractivity contribution in [3.8, 4) is 11.5 Å². The maximum Gasteiger partial charge on any atom is 0.374 e. The molecule has 0 bridgehead atoms. The topological polar surface area (TPSA) is 101 Å². The lowest BCUT2D eigenvalue weighted by Gasteiger charge is -1.92. The Labute approximate surface area is 115 Å². The van der Waals surface area contributed by atoms with Crippen molar-refractivity contribution in [2.24, 2.45) is 0 Å². The second kappa shape index (κ2) is 4.46. The molecule has 0 aliphatic rings. The van der Waals surface area contributed by atoms with Gasteiger partial charge >= 0.3 is 11.9 Å². The largest absolute Gasteiger partial charge is 0.476 e. The number of carboxylic acids is 2. The number of fused-ring (bicyclic) bond motifs is 1. The number of thiophene rings is 1. The number of benzene rings is 1. The Kier molecular flexibility index (Phi) is 2.76. The number of rotatable bonds is 3. The SMILES string of the molecule is O=C(O)c1nc(-c2csc3ccccc23)oc1C(=O)O. The summed E-state index contributed by atoms with van der Waals surface area (Å²) in [5.74, 6) is -3.56. The summed E-state index contributed by atoms with van der Waals surface area (Å²) >= 11 is 1.45. The molecule has 0 atom stereocenters. The summed E-state index contributed by atoms with van der Waals surface area (Å²) in [6, 6.07) is 7.45. The van der Waals surface area contributed by atoms with Gasteiger partial charge in [-0.1, -0.05) is 18.2 Å². The van der Waals surface area contributed by atoms with Crippen LogP contribution in [0.2, 0.25) is 0 Å². The van der Waals surface area contributed by atoms with Gasteiger partial charge in [0.2, 0.25) is 17.3 Å². The highest BCUT2D eigenvalue weighted by atomic mass is 32.1. The van der Waals surface area contributed by atoms with Crippen molar-refractivity contribution >= 4 is 33.4 Å². The van der Waals surface area contributed by atoms with Gasteiger partial charge in [-0.3, -0.25) is 0 Å². The second-order valence-corrected chi connectivity index (χ2v) is 4.86.